The molecule has 0 bridgehead atoms. The summed E-state index contributed by atoms with van der Waals surface area (Å²) in [4.78, 5) is 10.5. The lowest BCUT2D eigenvalue weighted by atomic mass is 10.2. The molecule has 0 unspecified atom stereocenters. The van der Waals surface area contributed by atoms with Gasteiger partial charge in [-0.25, -0.2) is 0 Å². The second-order valence-corrected chi connectivity index (χ2v) is 9.58. The van der Waals surface area contributed by atoms with Gasteiger partial charge in [-0.2, -0.15) is 0 Å². The van der Waals surface area contributed by atoms with E-state index in [1.807, 2.05) is 60.7 Å². The van der Waals surface area contributed by atoms with Crippen LogP contribution in [0.15, 0.2) is 95.0 Å². The normalized spacial score (nSPS) is 14.8. The van der Waals surface area contributed by atoms with Crippen LogP contribution in [-0.4, -0.2) is 4.92 Å². The molecule has 0 fully saturated rings. The van der Waals surface area contributed by atoms with Gasteiger partial charge in [-0.3, -0.25) is 14.7 Å². The molecule has 1 aliphatic heterocycles. The highest BCUT2D eigenvalue weighted by atomic mass is 79.9. The van der Waals surface area contributed by atoms with Crippen molar-refractivity contribution in [3.8, 4) is 0 Å². The van der Waals surface area contributed by atoms with Crippen LogP contribution < -0.4 is 5.09 Å². The topological polar surface area (TPSA) is 81.5 Å². The first-order valence-corrected chi connectivity index (χ1v) is 11.6. The summed E-state index contributed by atoms with van der Waals surface area (Å²) in [7, 11) is -3.24. The number of nitrogens with zero attached hydrogens (tertiary/aromatic N) is 1. The minimum Gasteiger partial charge on any atom is -0.456 e. The highest BCUT2D eigenvalue weighted by Gasteiger charge is 2.28. The maximum absolute atomic E-state index is 13.8. The molecule has 3 aromatic carbocycles. The standard InChI is InChI=1S/C22H16BrN2O4P/c23-19-13-18(25(26)27)11-12-20(19)24-30(28)14-21(16-7-3-1-4-8-16)29-22(15-30)17-9-5-2-6-10-17/h1-15H,(H,24,28). The summed E-state index contributed by atoms with van der Waals surface area (Å²) in [5.74, 6) is 4.10. The van der Waals surface area contributed by atoms with Crippen LogP contribution in [0.5, 0.6) is 0 Å². The minimum absolute atomic E-state index is 0.0567. The van der Waals surface area contributed by atoms with Crippen molar-refractivity contribution in [2.75, 3.05) is 5.09 Å². The average molecular weight is 483 g/mol. The number of anilines is 1. The van der Waals surface area contributed by atoms with Crippen molar-refractivity contribution in [1.82, 2.24) is 0 Å². The highest BCUT2D eigenvalue weighted by molar-refractivity contribution is 9.10. The molecule has 1 heterocycles. The Bertz CT molecular complexity index is 1150. The van der Waals surface area contributed by atoms with Crippen LogP contribution in [0.1, 0.15) is 11.1 Å². The van der Waals surface area contributed by atoms with E-state index in [4.69, 9.17) is 4.74 Å². The maximum atomic E-state index is 13.8. The summed E-state index contributed by atoms with van der Waals surface area (Å²) in [5, 5.41) is 14.0. The Morgan fingerprint density at radius 2 is 1.40 bits per heavy atom. The molecule has 0 amide bonds. The monoisotopic (exact) mass is 482 g/mol. The number of rotatable bonds is 5. The Hall–Kier alpha value is -3.15. The molecule has 1 N–H and O–H groups in total. The minimum atomic E-state index is -3.24. The maximum Gasteiger partial charge on any atom is 0.270 e. The van der Waals surface area contributed by atoms with Crippen LogP contribution in [0.2, 0.25) is 0 Å². The number of nitro groups is 1. The van der Waals surface area contributed by atoms with Gasteiger partial charge in [0.25, 0.3) is 5.69 Å². The molecular formula is C22H16BrN2O4P. The van der Waals surface area contributed by atoms with Crippen LogP contribution in [0, 0.1) is 10.1 Å². The average Bonchev–Trinajstić information content (AvgIpc) is 2.76. The third kappa shape index (κ3) is 4.37. The third-order valence-corrected chi connectivity index (χ3v) is 6.90. The van der Waals surface area contributed by atoms with Crippen molar-refractivity contribution in [3.05, 3.63) is 116 Å². The summed E-state index contributed by atoms with van der Waals surface area (Å²) in [6.07, 6.45) is 0. The number of nitro benzene ring substituents is 1. The van der Waals surface area contributed by atoms with Gasteiger partial charge >= 0.3 is 0 Å². The Kier molecular flexibility index (Phi) is 5.57. The molecule has 0 spiro atoms. The molecule has 4 rings (SSSR count). The van der Waals surface area contributed by atoms with Crippen LogP contribution in [0.25, 0.3) is 11.5 Å². The van der Waals surface area contributed by atoms with E-state index in [0.717, 1.165) is 11.1 Å². The molecular weight excluding hydrogens is 467 g/mol. The van der Waals surface area contributed by atoms with E-state index in [-0.39, 0.29) is 5.69 Å². The molecule has 6 nitrogen and oxygen atoms in total. The summed E-state index contributed by atoms with van der Waals surface area (Å²) in [6, 6.07) is 23.1. The molecule has 0 saturated heterocycles. The second-order valence-electron chi connectivity index (χ2n) is 6.56. The first kappa shape index (κ1) is 20.1. The van der Waals surface area contributed by atoms with E-state index in [1.54, 1.807) is 11.6 Å². The van der Waals surface area contributed by atoms with E-state index in [9.17, 15) is 14.7 Å². The van der Waals surface area contributed by atoms with Crippen molar-refractivity contribution in [2.24, 2.45) is 0 Å². The summed E-state index contributed by atoms with van der Waals surface area (Å²) < 4.78 is 20.4. The Morgan fingerprint density at radius 3 is 1.87 bits per heavy atom. The molecule has 8 heteroatoms. The second kappa shape index (κ2) is 8.30. The zero-order valence-corrected chi connectivity index (χ0v) is 18.0. The predicted molar refractivity (Wildman–Crippen MR) is 122 cm³/mol. The first-order valence-electron chi connectivity index (χ1n) is 9.00. The predicted octanol–water partition coefficient (Wildman–Crippen LogP) is 7.07. The lowest BCUT2D eigenvalue weighted by Crippen LogP contribution is -2.03. The molecule has 150 valence electrons. The highest BCUT2D eigenvalue weighted by Crippen LogP contribution is 2.56. The van der Waals surface area contributed by atoms with Crippen LogP contribution in [-0.2, 0) is 9.30 Å². The quantitative estimate of drug-likeness (QED) is 0.238. The van der Waals surface area contributed by atoms with E-state index in [2.05, 4.69) is 21.0 Å². The number of halogens is 1. The van der Waals surface area contributed by atoms with Gasteiger partial charge in [-0.1, -0.05) is 60.7 Å². The molecule has 0 radical (unpaired) electrons. The van der Waals surface area contributed by atoms with Gasteiger partial charge < -0.3 is 9.82 Å². The first-order chi connectivity index (χ1) is 14.4. The van der Waals surface area contributed by atoms with E-state index in [0.29, 0.717) is 21.7 Å². The van der Waals surface area contributed by atoms with Crippen LogP contribution in [0.4, 0.5) is 11.4 Å². The van der Waals surface area contributed by atoms with Crippen molar-refractivity contribution < 1.29 is 14.2 Å². The number of nitrogens with one attached hydrogen (secondary N) is 1. The number of ether oxygens (including phenoxy) is 1. The fourth-order valence-electron chi connectivity index (χ4n) is 2.99. The van der Waals surface area contributed by atoms with E-state index < -0.39 is 12.2 Å². The van der Waals surface area contributed by atoms with Crippen molar-refractivity contribution >= 4 is 46.1 Å². The molecule has 30 heavy (non-hydrogen) atoms. The number of non-ortho nitro benzene ring substituents is 1. The van der Waals surface area contributed by atoms with Crippen molar-refractivity contribution in [2.45, 2.75) is 0 Å². The number of hydrogen-bond acceptors (Lipinski definition) is 4. The lowest BCUT2D eigenvalue weighted by molar-refractivity contribution is -0.384. The van der Waals surface area contributed by atoms with E-state index in [1.165, 1.54) is 18.2 Å². The van der Waals surface area contributed by atoms with Gasteiger partial charge in [0.15, 0.2) is 0 Å². The zero-order chi connectivity index (χ0) is 21.1. The largest absolute Gasteiger partial charge is 0.456 e. The third-order valence-electron chi connectivity index (χ3n) is 4.41. The molecule has 1 aliphatic rings. The van der Waals surface area contributed by atoms with Gasteiger partial charge in [0.05, 0.1) is 10.6 Å². The Morgan fingerprint density at radius 1 is 0.867 bits per heavy atom. The Labute approximate surface area is 181 Å². The van der Waals surface area contributed by atoms with E-state index >= 15 is 0 Å². The van der Waals surface area contributed by atoms with Gasteiger partial charge in [-0.15, -0.1) is 0 Å². The van der Waals surface area contributed by atoms with Crippen LogP contribution in [0.3, 0.4) is 0 Å². The molecule has 3 aromatic rings. The summed E-state index contributed by atoms with van der Waals surface area (Å²) in [5.41, 5.74) is 2.02. The van der Waals surface area contributed by atoms with Crippen molar-refractivity contribution in [1.29, 1.82) is 0 Å². The molecule has 0 aliphatic carbocycles. The number of benzene rings is 3. The lowest BCUT2D eigenvalue weighted by Gasteiger charge is -2.24. The van der Waals surface area contributed by atoms with Gasteiger partial charge in [0, 0.05) is 39.4 Å². The van der Waals surface area contributed by atoms with Crippen molar-refractivity contribution in [3.63, 3.8) is 0 Å². The van der Waals surface area contributed by atoms with Gasteiger partial charge in [0.1, 0.15) is 11.5 Å². The fraction of sp³-hybridized carbons (Fsp3) is 0. The Balaban J connectivity index is 1.76. The molecule has 0 aromatic heterocycles. The SMILES string of the molecule is O=[N+]([O-])c1ccc(NP2(=O)C=C(c3ccccc3)OC(c3ccccc3)=C2)c(Br)c1. The summed E-state index contributed by atoms with van der Waals surface area (Å²) in [6.45, 7) is 0. The van der Waals surface area contributed by atoms with Crippen LogP contribution >= 0.6 is 23.2 Å². The fourth-order valence-corrected chi connectivity index (χ4v) is 5.48. The smallest absolute Gasteiger partial charge is 0.270 e. The molecule has 0 atom stereocenters. The van der Waals surface area contributed by atoms with Gasteiger partial charge in [0.2, 0.25) is 7.29 Å². The van der Waals surface area contributed by atoms with Gasteiger partial charge in [-0.05, 0) is 22.0 Å². The summed E-state index contributed by atoms with van der Waals surface area (Å²) >= 11 is 3.33. The molecule has 0 saturated carbocycles. The number of hydrogen-bond donors (Lipinski definition) is 1. The zero-order valence-electron chi connectivity index (χ0n) is 15.6.